The third-order valence-corrected chi connectivity index (χ3v) is 3.40. The van der Waals surface area contributed by atoms with E-state index in [2.05, 4.69) is 24.0 Å². The van der Waals surface area contributed by atoms with E-state index < -0.39 is 0 Å². The van der Waals surface area contributed by atoms with Crippen molar-refractivity contribution in [2.24, 2.45) is 0 Å². The fraction of sp³-hybridized carbons (Fsp3) is 0.462. The summed E-state index contributed by atoms with van der Waals surface area (Å²) in [7, 11) is 0. The minimum Gasteiger partial charge on any atom is -0.494 e. The van der Waals surface area contributed by atoms with Crippen molar-refractivity contribution in [2.75, 3.05) is 6.61 Å². The molecule has 0 saturated heterocycles. The Morgan fingerprint density at radius 1 is 1.31 bits per heavy atom. The highest BCUT2D eigenvalue weighted by atomic mass is 32.1. The average Bonchev–Trinajstić information content (AvgIpc) is 2.73. The van der Waals surface area contributed by atoms with Crippen molar-refractivity contribution in [1.29, 1.82) is 0 Å². The van der Waals surface area contributed by atoms with Gasteiger partial charge in [0.1, 0.15) is 5.75 Å². The molecule has 86 valence electrons. The molecule has 0 aliphatic rings. The van der Waals surface area contributed by atoms with Gasteiger partial charge in [0.05, 0.1) is 22.3 Å². The molecule has 0 fully saturated rings. The van der Waals surface area contributed by atoms with Crippen LogP contribution in [-0.2, 0) is 6.42 Å². The predicted molar refractivity (Wildman–Crippen MR) is 69.4 cm³/mol. The molecule has 0 saturated carbocycles. The number of nitrogens with zero attached hydrogens (tertiary/aromatic N) is 1. The number of fused-ring (bicyclic) bond motifs is 1. The molecule has 2 nitrogen and oxygen atoms in total. The number of ether oxygens (including phenoxy) is 1. The van der Waals surface area contributed by atoms with Crippen LogP contribution in [0.1, 0.15) is 32.3 Å². The van der Waals surface area contributed by atoms with Gasteiger partial charge in [0.2, 0.25) is 0 Å². The van der Waals surface area contributed by atoms with Crippen molar-refractivity contribution < 1.29 is 4.74 Å². The van der Waals surface area contributed by atoms with Gasteiger partial charge in [-0.3, -0.25) is 0 Å². The third kappa shape index (κ3) is 2.35. The number of unbranched alkanes of at least 4 members (excludes halogenated alkanes) is 1. The van der Waals surface area contributed by atoms with Gasteiger partial charge in [-0.2, -0.15) is 0 Å². The zero-order valence-corrected chi connectivity index (χ0v) is 10.6. The molecule has 0 bridgehead atoms. The Morgan fingerprint density at radius 2 is 2.19 bits per heavy atom. The molecule has 0 aliphatic carbocycles. The lowest BCUT2D eigenvalue weighted by Crippen LogP contribution is -1.97. The van der Waals surface area contributed by atoms with Crippen molar-refractivity contribution >= 4 is 21.6 Å². The Bertz CT molecular complexity index is 464. The van der Waals surface area contributed by atoms with Crippen LogP contribution in [0, 0.1) is 0 Å². The van der Waals surface area contributed by atoms with Crippen LogP contribution in [0.2, 0.25) is 0 Å². The molecule has 0 aliphatic heterocycles. The Balaban J connectivity index is 2.36. The lowest BCUT2D eigenvalue weighted by atomic mass is 10.1. The summed E-state index contributed by atoms with van der Waals surface area (Å²) in [5.41, 5.74) is 4.26. The van der Waals surface area contributed by atoms with Crippen molar-refractivity contribution in [3.63, 3.8) is 0 Å². The van der Waals surface area contributed by atoms with Crippen LogP contribution in [-0.4, -0.2) is 11.6 Å². The van der Waals surface area contributed by atoms with Crippen LogP contribution in [0.15, 0.2) is 17.6 Å². The van der Waals surface area contributed by atoms with Crippen LogP contribution in [0.4, 0.5) is 0 Å². The van der Waals surface area contributed by atoms with Crippen molar-refractivity contribution in [2.45, 2.75) is 33.1 Å². The van der Waals surface area contributed by atoms with E-state index >= 15 is 0 Å². The largest absolute Gasteiger partial charge is 0.494 e. The molecule has 0 unspecified atom stereocenters. The van der Waals surface area contributed by atoms with Crippen LogP contribution >= 0.6 is 11.3 Å². The molecular formula is C13H17NOS. The number of benzene rings is 1. The van der Waals surface area contributed by atoms with Crippen LogP contribution in [0.5, 0.6) is 5.75 Å². The minimum absolute atomic E-state index is 0.717. The second-order valence-electron chi connectivity index (χ2n) is 3.82. The van der Waals surface area contributed by atoms with Crippen molar-refractivity contribution in [3.05, 3.63) is 23.2 Å². The SMILES string of the molecule is CCCCc1cc2scnc2cc1OCC. The van der Waals surface area contributed by atoms with Gasteiger partial charge in [-0.25, -0.2) is 4.98 Å². The maximum atomic E-state index is 5.68. The zero-order valence-electron chi connectivity index (χ0n) is 9.82. The Labute approximate surface area is 100 Å². The van der Waals surface area contributed by atoms with Gasteiger partial charge >= 0.3 is 0 Å². The first-order valence-electron chi connectivity index (χ1n) is 5.84. The molecule has 0 atom stereocenters. The molecule has 2 rings (SSSR count). The highest BCUT2D eigenvalue weighted by molar-refractivity contribution is 7.16. The number of aromatic nitrogens is 1. The standard InChI is InChI=1S/C13H17NOS/c1-3-5-6-10-7-13-11(14-9-16-13)8-12(10)15-4-2/h7-9H,3-6H2,1-2H3. The van der Waals surface area contributed by atoms with Crippen molar-refractivity contribution in [3.8, 4) is 5.75 Å². The fourth-order valence-electron chi connectivity index (χ4n) is 1.78. The van der Waals surface area contributed by atoms with Crippen LogP contribution in [0.3, 0.4) is 0 Å². The summed E-state index contributed by atoms with van der Waals surface area (Å²) in [6.45, 7) is 4.95. The first-order chi connectivity index (χ1) is 7.85. The fourth-order valence-corrected chi connectivity index (χ4v) is 2.50. The van der Waals surface area contributed by atoms with E-state index in [9.17, 15) is 0 Å². The summed E-state index contributed by atoms with van der Waals surface area (Å²) in [6, 6.07) is 4.30. The molecule has 16 heavy (non-hydrogen) atoms. The molecule has 0 radical (unpaired) electrons. The normalized spacial score (nSPS) is 10.9. The van der Waals surface area contributed by atoms with E-state index in [1.807, 2.05) is 12.4 Å². The topological polar surface area (TPSA) is 22.1 Å². The number of rotatable bonds is 5. The summed E-state index contributed by atoms with van der Waals surface area (Å²) in [5, 5.41) is 0. The second-order valence-corrected chi connectivity index (χ2v) is 4.70. The molecule has 3 heteroatoms. The van der Waals surface area contributed by atoms with E-state index in [1.54, 1.807) is 11.3 Å². The maximum Gasteiger partial charge on any atom is 0.124 e. The van der Waals surface area contributed by atoms with Crippen LogP contribution in [0.25, 0.3) is 10.2 Å². The Hall–Kier alpha value is -1.09. The highest BCUT2D eigenvalue weighted by Gasteiger charge is 2.07. The number of aryl methyl sites for hydroxylation is 1. The molecule has 0 amide bonds. The summed E-state index contributed by atoms with van der Waals surface area (Å²) in [5.74, 6) is 1.01. The van der Waals surface area contributed by atoms with E-state index in [1.165, 1.54) is 23.1 Å². The molecule has 1 aromatic heterocycles. The first kappa shape index (κ1) is 11.4. The molecule has 0 N–H and O–H groups in total. The van der Waals surface area contributed by atoms with Gasteiger partial charge in [-0.1, -0.05) is 13.3 Å². The van der Waals surface area contributed by atoms with Gasteiger partial charge in [0, 0.05) is 6.07 Å². The molecule has 1 aromatic carbocycles. The van der Waals surface area contributed by atoms with Gasteiger partial charge in [-0.05, 0) is 31.4 Å². The summed E-state index contributed by atoms with van der Waals surface area (Å²) < 4.78 is 6.94. The van der Waals surface area contributed by atoms with Gasteiger partial charge in [-0.15, -0.1) is 11.3 Å². The molecule has 1 heterocycles. The van der Waals surface area contributed by atoms with Gasteiger partial charge in [0.25, 0.3) is 0 Å². The third-order valence-electron chi connectivity index (χ3n) is 2.61. The van der Waals surface area contributed by atoms with Crippen LogP contribution < -0.4 is 4.74 Å². The molecule has 0 spiro atoms. The summed E-state index contributed by atoms with van der Waals surface area (Å²) in [6.07, 6.45) is 3.52. The zero-order chi connectivity index (χ0) is 11.4. The highest BCUT2D eigenvalue weighted by Crippen LogP contribution is 2.29. The first-order valence-corrected chi connectivity index (χ1v) is 6.72. The van der Waals surface area contributed by atoms with E-state index in [0.29, 0.717) is 0 Å². The predicted octanol–water partition coefficient (Wildman–Crippen LogP) is 4.04. The maximum absolute atomic E-state index is 5.68. The Kier molecular flexibility index (Phi) is 3.78. The summed E-state index contributed by atoms with van der Waals surface area (Å²) in [4.78, 5) is 4.32. The van der Waals surface area contributed by atoms with Crippen molar-refractivity contribution in [1.82, 2.24) is 4.98 Å². The van der Waals surface area contributed by atoms with E-state index in [4.69, 9.17) is 4.74 Å². The monoisotopic (exact) mass is 235 g/mol. The minimum atomic E-state index is 0.717. The van der Waals surface area contributed by atoms with E-state index in [-0.39, 0.29) is 0 Å². The summed E-state index contributed by atoms with van der Waals surface area (Å²) >= 11 is 1.70. The molecular weight excluding hydrogens is 218 g/mol. The smallest absolute Gasteiger partial charge is 0.124 e. The lowest BCUT2D eigenvalue weighted by Gasteiger charge is -2.09. The molecule has 2 aromatic rings. The second kappa shape index (κ2) is 5.30. The van der Waals surface area contributed by atoms with Gasteiger partial charge in [0.15, 0.2) is 0 Å². The Morgan fingerprint density at radius 3 is 2.94 bits per heavy atom. The van der Waals surface area contributed by atoms with Gasteiger partial charge < -0.3 is 4.74 Å². The van der Waals surface area contributed by atoms with E-state index in [0.717, 1.165) is 24.3 Å². The number of thiazole rings is 1. The number of hydrogen-bond donors (Lipinski definition) is 0. The number of hydrogen-bond acceptors (Lipinski definition) is 3. The quantitative estimate of drug-likeness (QED) is 0.780. The lowest BCUT2D eigenvalue weighted by molar-refractivity contribution is 0.336. The average molecular weight is 235 g/mol.